The van der Waals surface area contributed by atoms with E-state index in [1.807, 2.05) is 30.5 Å². The molecule has 0 spiro atoms. The average molecular weight is 396 g/mol. The van der Waals surface area contributed by atoms with Gasteiger partial charge in [0, 0.05) is 24.2 Å². The van der Waals surface area contributed by atoms with Gasteiger partial charge >= 0.3 is 0 Å². The zero-order valence-electron chi connectivity index (χ0n) is 16.1. The third kappa shape index (κ3) is 3.22. The molecule has 0 unspecified atom stereocenters. The Kier molecular flexibility index (Phi) is 4.64. The molecule has 7 heteroatoms. The number of piperidine rings is 1. The van der Waals surface area contributed by atoms with Crippen LogP contribution in [0.5, 0.6) is 5.75 Å². The molecule has 0 radical (unpaired) electrons. The molecule has 2 fully saturated rings. The first-order valence-electron chi connectivity index (χ1n) is 10.1. The van der Waals surface area contributed by atoms with E-state index in [2.05, 4.69) is 25.4 Å². The number of hydrogen-bond acceptors (Lipinski definition) is 7. The summed E-state index contributed by atoms with van der Waals surface area (Å²) in [6, 6.07) is 7.06. The summed E-state index contributed by atoms with van der Waals surface area (Å²) in [5.74, 6) is 0.842. The van der Waals surface area contributed by atoms with Crippen LogP contribution in [-0.2, 0) is 0 Å². The van der Waals surface area contributed by atoms with Crippen molar-refractivity contribution in [1.29, 1.82) is 0 Å². The number of likely N-dealkylation sites (tertiary alicyclic amines) is 1. The monoisotopic (exact) mass is 395 g/mol. The van der Waals surface area contributed by atoms with E-state index < -0.39 is 0 Å². The molecule has 0 amide bonds. The van der Waals surface area contributed by atoms with E-state index >= 15 is 0 Å². The summed E-state index contributed by atoms with van der Waals surface area (Å²) in [5, 5.41) is 25.9. The highest BCUT2D eigenvalue weighted by atomic mass is 32.1. The molecule has 1 aliphatic heterocycles. The number of phenolic OH excluding ortho intramolecular Hbond substituents is 1. The number of phenols is 1. The van der Waals surface area contributed by atoms with Crippen LogP contribution in [-0.4, -0.2) is 50.4 Å². The third-order valence-electron chi connectivity index (χ3n) is 6.09. The summed E-state index contributed by atoms with van der Waals surface area (Å²) < 4.78 is 0.874. The lowest BCUT2D eigenvalue weighted by Gasteiger charge is -2.42. The maximum Gasteiger partial charge on any atom is 0.243 e. The van der Waals surface area contributed by atoms with Crippen LogP contribution in [0.3, 0.4) is 0 Å². The Labute approximate surface area is 168 Å². The second kappa shape index (κ2) is 7.29. The minimum Gasteiger partial charge on any atom is -0.506 e. The van der Waals surface area contributed by atoms with Crippen molar-refractivity contribution in [2.75, 3.05) is 18.4 Å². The fraction of sp³-hybridized carbons (Fsp3) is 0.476. The van der Waals surface area contributed by atoms with Crippen molar-refractivity contribution < 1.29 is 5.11 Å². The lowest BCUT2D eigenvalue weighted by molar-refractivity contribution is 0.0989. The SMILES string of the molecule is Cc1nc(N[C@@H]2CCCN(C3CCC3)C2)nnc1-c1ccc2ccsc2c1O. The number of anilines is 1. The van der Waals surface area contributed by atoms with Gasteiger partial charge in [0.15, 0.2) is 0 Å². The number of hydrogen-bond donors (Lipinski definition) is 2. The Balaban J connectivity index is 1.35. The molecule has 3 heterocycles. The van der Waals surface area contributed by atoms with E-state index in [0.29, 0.717) is 23.2 Å². The Morgan fingerprint density at radius 3 is 2.82 bits per heavy atom. The smallest absolute Gasteiger partial charge is 0.243 e. The van der Waals surface area contributed by atoms with Gasteiger partial charge in [-0.2, -0.15) is 0 Å². The number of rotatable bonds is 4. The predicted molar refractivity (Wildman–Crippen MR) is 113 cm³/mol. The van der Waals surface area contributed by atoms with Crippen molar-refractivity contribution in [3.8, 4) is 17.0 Å². The van der Waals surface area contributed by atoms with Crippen LogP contribution in [0, 0.1) is 6.92 Å². The minimum atomic E-state index is 0.260. The van der Waals surface area contributed by atoms with Crippen LogP contribution in [0.1, 0.15) is 37.8 Å². The van der Waals surface area contributed by atoms with E-state index in [9.17, 15) is 5.11 Å². The van der Waals surface area contributed by atoms with Crippen LogP contribution >= 0.6 is 11.3 Å². The molecule has 6 nitrogen and oxygen atoms in total. The average Bonchev–Trinajstić information content (AvgIpc) is 3.12. The summed E-state index contributed by atoms with van der Waals surface area (Å²) in [6.07, 6.45) is 6.42. The first kappa shape index (κ1) is 17.8. The highest BCUT2D eigenvalue weighted by molar-refractivity contribution is 7.17. The zero-order valence-corrected chi connectivity index (χ0v) is 16.9. The molecule has 1 aromatic carbocycles. The van der Waals surface area contributed by atoms with Crippen molar-refractivity contribution in [3.05, 3.63) is 29.3 Å². The fourth-order valence-electron chi connectivity index (χ4n) is 4.31. The lowest BCUT2D eigenvalue weighted by atomic mass is 9.89. The highest BCUT2D eigenvalue weighted by Gasteiger charge is 2.29. The molecular weight excluding hydrogens is 370 g/mol. The van der Waals surface area contributed by atoms with Crippen LogP contribution in [0.15, 0.2) is 23.6 Å². The zero-order chi connectivity index (χ0) is 19.1. The van der Waals surface area contributed by atoms with Gasteiger partial charge < -0.3 is 10.4 Å². The van der Waals surface area contributed by atoms with Gasteiger partial charge in [-0.05, 0) is 62.1 Å². The van der Waals surface area contributed by atoms with Crippen LogP contribution < -0.4 is 5.32 Å². The summed E-state index contributed by atoms with van der Waals surface area (Å²) in [5.41, 5.74) is 2.10. The van der Waals surface area contributed by atoms with Gasteiger partial charge in [0.1, 0.15) is 11.4 Å². The lowest BCUT2D eigenvalue weighted by Crippen LogP contribution is -2.49. The number of benzene rings is 1. The highest BCUT2D eigenvalue weighted by Crippen LogP contribution is 2.38. The number of nitrogens with one attached hydrogen (secondary N) is 1. The maximum atomic E-state index is 10.7. The van der Waals surface area contributed by atoms with E-state index in [0.717, 1.165) is 34.8 Å². The molecule has 1 atom stereocenters. The van der Waals surface area contributed by atoms with Gasteiger partial charge in [-0.1, -0.05) is 12.5 Å². The van der Waals surface area contributed by atoms with Crippen LogP contribution in [0.2, 0.25) is 0 Å². The van der Waals surface area contributed by atoms with Crippen LogP contribution in [0.4, 0.5) is 5.95 Å². The molecule has 28 heavy (non-hydrogen) atoms. The summed E-state index contributed by atoms with van der Waals surface area (Å²) in [6.45, 7) is 4.20. The molecule has 2 N–H and O–H groups in total. The Hall–Kier alpha value is -2.25. The standard InChI is InChI=1S/C21H25N5OS/c1-13-18(17-8-7-14-9-11-28-20(14)19(17)27)24-25-21(22-13)23-15-4-3-10-26(12-15)16-5-2-6-16/h7-9,11,15-16,27H,2-6,10,12H2,1H3,(H,22,23,25)/t15-/m1/s1. The van der Waals surface area contributed by atoms with Gasteiger partial charge in [0.05, 0.1) is 10.4 Å². The van der Waals surface area contributed by atoms with Gasteiger partial charge in [0.2, 0.25) is 5.95 Å². The van der Waals surface area contributed by atoms with Crippen molar-refractivity contribution in [2.24, 2.45) is 0 Å². The van der Waals surface area contributed by atoms with Gasteiger partial charge in [-0.15, -0.1) is 21.5 Å². The molecule has 3 aromatic rings. The Morgan fingerprint density at radius 2 is 2.04 bits per heavy atom. The van der Waals surface area contributed by atoms with E-state index in [-0.39, 0.29) is 5.75 Å². The number of nitrogens with zero attached hydrogens (tertiary/aromatic N) is 4. The van der Waals surface area contributed by atoms with Gasteiger partial charge in [0.25, 0.3) is 0 Å². The molecule has 5 rings (SSSR count). The molecule has 1 saturated carbocycles. The molecule has 1 saturated heterocycles. The number of aromatic nitrogens is 3. The fourth-order valence-corrected chi connectivity index (χ4v) is 5.16. The number of aryl methyl sites for hydroxylation is 1. The maximum absolute atomic E-state index is 10.7. The van der Waals surface area contributed by atoms with E-state index in [4.69, 9.17) is 0 Å². The Morgan fingerprint density at radius 1 is 1.14 bits per heavy atom. The first-order valence-corrected chi connectivity index (χ1v) is 11.0. The van der Waals surface area contributed by atoms with Crippen molar-refractivity contribution in [3.63, 3.8) is 0 Å². The van der Waals surface area contributed by atoms with E-state index in [1.165, 1.54) is 43.6 Å². The molecule has 2 aromatic heterocycles. The second-order valence-electron chi connectivity index (χ2n) is 7.93. The number of fused-ring (bicyclic) bond motifs is 1. The minimum absolute atomic E-state index is 0.260. The van der Waals surface area contributed by atoms with Crippen molar-refractivity contribution >= 4 is 27.4 Å². The van der Waals surface area contributed by atoms with Crippen molar-refractivity contribution in [1.82, 2.24) is 20.1 Å². The molecular formula is C21H25N5OS. The number of thiophene rings is 1. The Bertz CT molecular complexity index is 1000. The number of aromatic hydroxyl groups is 1. The van der Waals surface area contributed by atoms with Gasteiger partial charge in [-0.3, -0.25) is 4.90 Å². The normalized spacial score (nSPS) is 21.0. The largest absolute Gasteiger partial charge is 0.506 e. The summed E-state index contributed by atoms with van der Waals surface area (Å²) in [7, 11) is 0. The van der Waals surface area contributed by atoms with Gasteiger partial charge in [-0.25, -0.2) is 4.98 Å². The van der Waals surface area contributed by atoms with Crippen molar-refractivity contribution in [2.45, 2.75) is 51.1 Å². The molecule has 1 aliphatic carbocycles. The van der Waals surface area contributed by atoms with Crippen LogP contribution in [0.25, 0.3) is 21.3 Å². The molecule has 0 bridgehead atoms. The summed E-state index contributed by atoms with van der Waals surface area (Å²) >= 11 is 1.53. The molecule has 146 valence electrons. The summed E-state index contributed by atoms with van der Waals surface area (Å²) in [4.78, 5) is 7.26. The quantitative estimate of drug-likeness (QED) is 0.690. The topological polar surface area (TPSA) is 74.2 Å². The first-order chi connectivity index (χ1) is 13.7. The molecule has 2 aliphatic rings. The predicted octanol–water partition coefficient (Wildman–Crippen LogP) is 4.20. The van der Waals surface area contributed by atoms with E-state index in [1.54, 1.807) is 0 Å². The third-order valence-corrected chi connectivity index (χ3v) is 7.03. The second-order valence-corrected chi connectivity index (χ2v) is 8.85.